The van der Waals surface area contributed by atoms with E-state index in [1.807, 2.05) is 19.9 Å². The number of carbonyl (C=O) groups is 3. The van der Waals surface area contributed by atoms with Crippen LogP contribution in [0.1, 0.15) is 86.5 Å². The fourth-order valence-electron chi connectivity index (χ4n) is 7.64. The number of hydrogen-bond donors (Lipinski definition) is 4. The molecule has 0 bridgehead atoms. The second-order valence-corrected chi connectivity index (χ2v) is 15.5. The molecule has 15 heteroatoms. The largest absolute Gasteiger partial charge is 0.462 e. The summed E-state index contributed by atoms with van der Waals surface area (Å²) in [6, 6.07) is -0.754. The second kappa shape index (κ2) is 21.3. The average molecular weight is 772 g/mol. The van der Waals surface area contributed by atoms with Gasteiger partial charge in [0.25, 0.3) is 0 Å². The Morgan fingerprint density at radius 2 is 1.72 bits per heavy atom. The molecule has 2 saturated heterocycles. The standard InChI is InChI=1S/C39H65NO14/c1-10-14-29(44)54-39(6)21-31(50-25(5)37(39)47)52-34-24(4)51-38(33(46)32(34)40(7)8)53-35-26(17-18-41)19-22(2)27(42)16-13-11-12-15-23(3)49-30(45)20-28(43)36(35)48-9/h11-13,16,18,22-28,31-38,42-43,46-47H,10,14-15,17,19-21H2,1-9H3/b12-11+,16-13+/t22-,23-,24-,25+,26+,27+,28-,31+,32-,33-,34-,35+,36+,37+,38?,39-/m1/s1. The van der Waals surface area contributed by atoms with Crippen LogP contribution in [0.3, 0.4) is 0 Å². The Morgan fingerprint density at radius 1 is 1.02 bits per heavy atom. The number of rotatable bonds is 11. The molecular weight excluding hydrogens is 706 g/mol. The zero-order chi connectivity index (χ0) is 40.3. The molecule has 3 aliphatic heterocycles. The van der Waals surface area contributed by atoms with Crippen molar-refractivity contribution in [2.24, 2.45) is 11.8 Å². The van der Waals surface area contributed by atoms with E-state index >= 15 is 0 Å². The van der Waals surface area contributed by atoms with E-state index < -0.39 is 110 Å². The monoisotopic (exact) mass is 771 g/mol. The van der Waals surface area contributed by atoms with E-state index in [0.717, 1.165) is 6.29 Å². The molecule has 0 saturated carbocycles. The zero-order valence-electron chi connectivity index (χ0n) is 33.3. The topological polar surface area (TPSA) is 200 Å². The maximum Gasteiger partial charge on any atom is 0.308 e. The summed E-state index contributed by atoms with van der Waals surface area (Å²) in [5.41, 5.74) is -1.29. The van der Waals surface area contributed by atoms with Crippen LogP contribution in [0.4, 0.5) is 0 Å². The number of methoxy groups -OCH3 is 1. The number of likely N-dealkylation sites (N-methyl/N-ethyl adjacent to an activating group) is 1. The van der Waals surface area contributed by atoms with Crippen LogP contribution < -0.4 is 0 Å². The van der Waals surface area contributed by atoms with Gasteiger partial charge in [-0.3, -0.25) is 9.59 Å². The lowest BCUT2D eigenvalue weighted by molar-refractivity contribution is -0.344. The van der Waals surface area contributed by atoms with Crippen molar-refractivity contribution in [1.29, 1.82) is 0 Å². The summed E-state index contributed by atoms with van der Waals surface area (Å²) in [6.07, 6.45) is -3.50. The first-order valence-electron chi connectivity index (χ1n) is 19.2. The quantitative estimate of drug-likeness (QED) is 0.176. The Balaban J connectivity index is 1.94. The van der Waals surface area contributed by atoms with Gasteiger partial charge in [-0.2, -0.15) is 0 Å². The summed E-state index contributed by atoms with van der Waals surface area (Å²) >= 11 is 0. The molecule has 16 atom stereocenters. The predicted octanol–water partition coefficient (Wildman–Crippen LogP) is 2.20. The summed E-state index contributed by atoms with van der Waals surface area (Å²) in [4.78, 5) is 39.2. The number of ether oxygens (including phenoxy) is 7. The van der Waals surface area contributed by atoms with Crippen LogP contribution in [0.2, 0.25) is 0 Å². The minimum atomic E-state index is -1.43. The summed E-state index contributed by atoms with van der Waals surface area (Å²) in [5.74, 6) is -2.12. The molecule has 0 aromatic heterocycles. The molecule has 2 fully saturated rings. The van der Waals surface area contributed by atoms with Gasteiger partial charge in [-0.25, -0.2) is 0 Å². The first-order chi connectivity index (χ1) is 25.5. The van der Waals surface area contributed by atoms with Gasteiger partial charge in [0.15, 0.2) is 12.6 Å². The number of nitrogens with zero attached hydrogens (tertiary/aromatic N) is 1. The van der Waals surface area contributed by atoms with Crippen LogP contribution in [0.25, 0.3) is 0 Å². The van der Waals surface area contributed by atoms with Crippen LogP contribution in [0, 0.1) is 11.8 Å². The minimum absolute atomic E-state index is 0.0208. The molecule has 4 N–H and O–H groups in total. The van der Waals surface area contributed by atoms with Crippen molar-refractivity contribution in [2.45, 2.75) is 172 Å². The highest BCUT2D eigenvalue weighted by molar-refractivity contribution is 5.70. The maximum atomic E-state index is 12.9. The Kier molecular flexibility index (Phi) is 18.2. The SMILES string of the molecule is CCCC(=O)O[C@]1(C)C[C@H](O[C@H]2[C@H](N(C)C)[C@@H](O)C(O[C@H]3[C@@H](CC=O)C[C@@H](C)[C@@H](O)/C=C/C=C/C[C@@H](C)OC(=O)C[C@@H](O)[C@@H]3OC)O[C@@H]2C)O[C@@H](C)[C@@H]1O. The van der Waals surface area contributed by atoms with E-state index in [-0.39, 0.29) is 31.6 Å². The third-order valence-corrected chi connectivity index (χ3v) is 10.6. The molecule has 54 heavy (non-hydrogen) atoms. The normalized spacial score (nSPS) is 42.9. The van der Waals surface area contributed by atoms with Gasteiger partial charge in [0, 0.05) is 32.8 Å². The van der Waals surface area contributed by atoms with Crippen molar-refractivity contribution < 1.29 is 68.0 Å². The zero-order valence-corrected chi connectivity index (χ0v) is 33.3. The van der Waals surface area contributed by atoms with Gasteiger partial charge in [0.2, 0.25) is 0 Å². The van der Waals surface area contributed by atoms with Crippen LogP contribution in [0.15, 0.2) is 24.3 Å². The Morgan fingerprint density at radius 3 is 2.35 bits per heavy atom. The van der Waals surface area contributed by atoms with Crippen molar-refractivity contribution >= 4 is 18.2 Å². The molecule has 0 amide bonds. The number of hydrogen-bond acceptors (Lipinski definition) is 15. The van der Waals surface area contributed by atoms with E-state index in [2.05, 4.69) is 0 Å². The Labute approximate surface area is 319 Å². The molecule has 0 radical (unpaired) electrons. The van der Waals surface area contributed by atoms with Gasteiger partial charge in [0.1, 0.15) is 42.4 Å². The third-order valence-electron chi connectivity index (χ3n) is 10.6. The Bertz CT molecular complexity index is 1250. The van der Waals surface area contributed by atoms with E-state index in [9.17, 15) is 34.8 Å². The number of carbonyl (C=O) groups excluding carboxylic acids is 3. The number of aliphatic hydroxyl groups is 4. The van der Waals surface area contributed by atoms with Gasteiger partial charge in [0.05, 0.1) is 43.0 Å². The second-order valence-electron chi connectivity index (χ2n) is 15.5. The Hall–Kier alpha value is -2.31. The summed E-state index contributed by atoms with van der Waals surface area (Å²) in [7, 11) is 4.86. The summed E-state index contributed by atoms with van der Waals surface area (Å²) < 4.78 is 42.4. The van der Waals surface area contributed by atoms with Crippen molar-refractivity contribution in [2.75, 3.05) is 21.2 Å². The van der Waals surface area contributed by atoms with Crippen molar-refractivity contribution in [3.8, 4) is 0 Å². The van der Waals surface area contributed by atoms with Gasteiger partial charge >= 0.3 is 11.9 Å². The first kappa shape index (κ1) is 46.1. The van der Waals surface area contributed by atoms with Crippen molar-refractivity contribution in [3.63, 3.8) is 0 Å². The van der Waals surface area contributed by atoms with Crippen LogP contribution in [0.5, 0.6) is 0 Å². The van der Waals surface area contributed by atoms with E-state index in [4.69, 9.17) is 33.2 Å². The summed E-state index contributed by atoms with van der Waals surface area (Å²) in [5, 5.41) is 45.3. The lowest BCUT2D eigenvalue weighted by Crippen LogP contribution is -2.66. The molecule has 0 aliphatic carbocycles. The lowest BCUT2D eigenvalue weighted by atomic mass is 9.82. The maximum absolute atomic E-state index is 12.9. The number of cyclic esters (lactones) is 1. The van der Waals surface area contributed by atoms with Gasteiger partial charge in [-0.15, -0.1) is 0 Å². The molecule has 1 unspecified atom stereocenters. The highest BCUT2D eigenvalue weighted by Gasteiger charge is 2.53. The van der Waals surface area contributed by atoms with Crippen LogP contribution >= 0.6 is 0 Å². The number of esters is 2. The molecule has 3 rings (SSSR count). The number of aliphatic hydroxyl groups excluding tert-OH is 4. The molecule has 3 heterocycles. The van der Waals surface area contributed by atoms with Crippen molar-refractivity contribution in [3.05, 3.63) is 24.3 Å². The van der Waals surface area contributed by atoms with E-state index in [1.54, 1.807) is 64.9 Å². The number of aldehydes is 1. The average Bonchev–Trinajstić information content (AvgIpc) is 3.08. The molecule has 3 aliphatic rings. The fraction of sp³-hybridized carbons (Fsp3) is 0.821. The van der Waals surface area contributed by atoms with Gasteiger partial charge in [-0.1, -0.05) is 38.2 Å². The highest BCUT2D eigenvalue weighted by atomic mass is 16.7. The minimum Gasteiger partial charge on any atom is -0.462 e. The smallest absolute Gasteiger partial charge is 0.308 e. The molecule has 15 nitrogen and oxygen atoms in total. The van der Waals surface area contributed by atoms with Gasteiger partial charge < -0.3 is 63.3 Å². The third kappa shape index (κ3) is 12.3. The number of allylic oxidation sites excluding steroid dienone is 2. The summed E-state index contributed by atoms with van der Waals surface area (Å²) in [6.45, 7) is 10.5. The van der Waals surface area contributed by atoms with E-state index in [1.165, 1.54) is 7.11 Å². The fourth-order valence-corrected chi connectivity index (χ4v) is 7.64. The predicted molar refractivity (Wildman–Crippen MR) is 196 cm³/mol. The van der Waals surface area contributed by atoms with Crippen molar-refractivity contribution in [1.82, 2.24) is 4.90 Å². The lowest BCUT2D eigenvalue weighted by Gasteiger charge is -2.50. The first-order valence-corrected chi connectivity index (χ1v) is 19.2. The molecule has 310 valence electrons. The highest BCUT2D eigenvalue weighted by Crippen LogP contribution is 2.38. The molecule has 0 spiro atoms. The van der Waals surface area contributed by atoms with Crippen LogP contribution in [-0.4, -0.2) is 150 Å². The molecule has 0 aromatic carbocycles. The van der Waals surface area contributed by atoms with Crippen LogP contribution in [-0.2, 0) is 47.5 Å². The van der Waals surface area contributed by atoms with Gasteiger partial charge in [-0.05, 0) is 66.5 Å². The molecule has 0 aromatic rings. The molecular formula is C39H65NO14. The van der Waals surface area contributed by atoms with E-state index in [0.29, 0.717) is 12.8 Å².